The Morgan fingerprint density at radius 3 is 2.68 bits per heavy atom. The highest BCUT2D eigenvalue weighted by atomic mass is 127. The standard InChI is InChI=1S/C14H18ClN3OS2.HI/c1-9-5-6-20-12(9)8-18-14(16-2)17-7-10(19)11-3-4-13(15)21-11;/h3-6,10,19H,7-8H2,1-2H3,(H2,16,17,18);1H. The molecule has 1 atom stereocenters. The number of thiophene rings is 2. The topological polar surface area (TPSA) is 56.7 Å². The smallest absolute Gasteiger partial charge is 0.191 e. The Labute approximate surface area is 160 Å². The number of nitrogens with one attached hydrogen (secondary N) is 2. The zero-order valence-corrected chi connectivity index (χ0v) is 17.0. The van der Waals surface area contributed by atoms with Gasteiger partial charge in [0.15, 0.2) is 5.96 Å². The van der Waals surface area contributed by atoms with E-state index in [1.54, 1.807) is 24.5 Å². The third kappa shape index (κ3) is 5.69. The lowest BCUT2D eigenvalue weighted by atomic mass is 10.3. The minimum absolute atomic E-state index is 0. The van der Waals surface area contributed by atoms with Crippen molar-refractivity contribution in [3.05, 3.63) is 43.2 Å². The van der Waals surface area contributed by atoms with Crippen LogP contribution in [-0.2, 0) is 6.54 Å². The maximum absolute atomic E-state index is 10.1. The molecule has 0 amide bonds. The lowest BCUT2D eigenvalue weighted by Crippen LogP contribution is -2.38. The molecule has 2 rings (SSSR count). The molecule has 2 aromatic rings. The Bertz CT molecular complexity index is 615. The van der Waals surface area contributed by atoms with Crippen molar-refractivity contribution < 1.29 is 5.11 Å². The van der Waals surface area contributed by atoms with Gasteiger partial charge in [-0.3, -0.25) is 4.99 Å². The fourth-order valence-corrected chi connectivity index (χ4v) is 3.66. The summed E-state index contributed by atoms with van der Waals surface area (Å²) in [4.78, 5) is 6.28. The van der Waals surface area contributed by atoms with Gasteiger partial charge in [0.25, 0.3) is 0 Å². The van der Waals surface area contributed by atoms with E-state index in [4.69, 9.17) is 11.6 Å². The first kappa shape index (κ1) is 19.7. The minimum Gasteiger partial charge on any atom is -0.386 e. The van der Waals surface area contributed by atoms with Gasteiger partial charge in [0.1, 0.15) is 6.10 Å². The summed E-state index contributed by atoms with van der Waals surface area (Å²) in [5.41, 5.74) is 1.27. The van der Waals surface area contributed by atoms with E-state index in [1.807, 2.05) is 6.07 Å². The van der Waals surface area contributed by atoms with Crippen molar-refractivity contribution in [3.63, 3.8) is 0 Å². The number of guanidine groups is 1. The van der Waals surface area contributed by atoms with E-state index in [9.17, 15) is 5.11 Å². The summed E-state index contributed by atoms with van der Waals surface area (Å²) < 4.78 is 0.680. The quantitative estimate of drug-likeness (QED) is 0.353. The molecule has 0 aromatic carbocycles. The van der Waals surface area contributed by atoms with Crippen molar-refractivity contribution >= 4 is 64.2 Å². The van der Waals surface area contributed by atoms with Gasteiger partial charge in [-0.15, -0.1) is 46.7 Å². The van der Waals surface area contributed by atoms with Crippen LogP contribution in [-0.4, -0.2) is 24.7 Å². The van der Waals surface area contributed by atoms with Crippen LogP contribution >= 0.6 is 58.3 Å². The lowest BCUT2D eigenvalue weighted by Gasteiger charge is -2.14. The molecule has 1 unspecified atom stereocenters. The number of aliphatic hydroxyl groups excluding tert-OH is 1. The summed E-state index contributed by atoms with van der Waals surface area (Å²) >= 11 is 8.97. The summed E-state index contributed by atoms with van der Waals surface area (Å²) in [6, 6.07) is 5.73. The second-order valence-corrected chi connectivity index (χ2v) is 7.24. The van der Waals surface area contributed by atoms with Gasteiger partial charge in [0.2, 0.25) is 0 Å². The Hall–Kier alpha value is -0.350. The van der Waals surface area contributed by atoms with Gasteiger partial charge in [0.05, 0.1) is 10.9 Å². The second-order valence-electron chi connectivity index (χ2n) is 4.49. The highest BCUT2D eigenvalue weighted by Crippen LogP contribution is 2.26. The molecule has 0 aliphatic heterocycles. The molecular weight excluding hydrogens is 453 g/mol. The molecule has 0 fully saturated rings. The highest BCUT2D eigenvalue weighted by Gasteiger charge is 2.11. The van der Waals surface area contributed by atoms with Crippen LogP contribution in [0.1, 0.15) is 21.4 Å². The molecule has 3 N–H and O–H groups in total. The molecule has 0 bridgehead atoms. The average Bonchev–Trinajstić information content (AvgIpc) is 3.08. The van der Waals surface area contributed by atoms with E-state index < -0.39 is 6.10 Å². The van der Waals surface area contributed by atoms with Gasteiger partial charge in [-0.25, -0.2) is 0 Å². The number of hydrogen-bond acceptors (Lipinski definition) is 4. The molecular formula is C14H19ClIN3OS2. The largest absolute Gasteiger partial charge is 0.386 e. The van der Waals surface area contributed by atoms with Crippen LogP contribution in [0.2, 0.25) is 4.34 Å². The normalized spacial score (nSPS) is 12.6. The van der Waals surface area contributed by atoms with Crippen molar-refractivity contribution in [2.75, 3.05) is 13.6 Å². The monoisotopic (exact) mass is 471 g/mol. The van der Waals surface area contributed by atoms with E-state index in [0.717, 1.165) is 11.4 Å². The van der Waals surface area contributed by atoms with E-state index in [0.29, 0.717) is 16.8 Å². The maximum Gasteiger partial charge on any atom is 0.191 e. The van der Waals surface area contributed by atoms with Crippen LogP contribution < -0.4 is 10.6 Å². The second kappa shape index (κ2) is 9.71. The molecule has 0 saturated heterocycles. The Morgan fingerprint density at radius 1 is 1.36 bits per heavy atom. The molecule has 0 radical (unpaired) electrons. The van der Waals surface area contributed by atoms with Gasteiger partial charge in [-0.05, 0) is 36.1 Å². The van der Waals surface area contributed by atoms with Gasteiger partial charge in [0, 0.05) is 23.3 Å². The SMILES string of the molecule is CN=C(NCc1sccc1C)NCC(O)c1ccc(Cl)s1.I. The fourth-order valence-electron chi connectivity index (χ4n) is 1.77. The molecule has 8 heteroatoms. The van der Waals surface area contributed by atoms with Crippen LogP contribution in [0.5, 0.6) is 0 Å². The third-order valence-corrected chi connectivity index (χ3v) is 5.35. The minimum atomic E-state index is -0.593. The van der Waals surface area contributed by atoms with Crippen molar-refractivity contribution in [2.45, 2.75) is 19.6 Å². The predicted octanol–water partition coefficient (Wildman–Crippen LogP) is 3.79. The summed E-state index contributed by atoms with van der Waals surface area (Å²) in [6.07, 6.45) is -0.593. The number of hydrogen-bond donors (Lipinski definition) is 3. The zero-order valence-electron chi connectivity index (χ0n) is 12.3. The van der Waals surface area contributed by atoms with E-state index in [1.165, 1.54) is 21.8 Å². The summed E-state index contributed by atoms with van der Waals surface area (Å²) in [5, 5.41) is 18.5. The summed E-state index contributed by atoms with van der Waals surface area (Å²) in [5.74, 6) is 0.671. The first-order valence-electron chi connectivity index (χ1n) is 6.51. The van der Waals surface area contributed by atoms with Crippen LogP contribution in [0.25, 0.3) is 0 Å². The van der Waals surface area contributed by atoms with E-state index in [2.05, 4.69) is 34.0 Å². The van der Waals surface area contributed by atoms with E-state index in [-0.39, 0.29) is 24.0 Å². The number of halogens is 2. The molecule has 0 aliphatic rings. The number of aliphatic imine (C=N–C) groups is 1. The molecule has 0 aliphatic carbocycles. The maximum atomic E-state index is 10.1. The van der Waals surface area contributed by atoms with Crippen LogP contribution in [0.15, 0.2) is 28.6 Å². The highest BCUT2D eigenvalue weighted by molar-refractivity contribution is 14.0. The molecule has 22 heavy (non-hydrogen) atoms. The summed E-state index contributed by atoms with van der Waals surface area (Å²) in [6.45, 7) is 3.21. The molecule has 2 aromatic heterocycles. The van der Waals surface area contributed by atoms with Gasteiger partial charge in [-0.1, -0.05) is 11.6 Å². The first-order valence-corrected chi connectivity index (χ1v) is 8.58. The number of nitrogens with zero attached hydrogens (tertiary/aromatic N) is 1. The van der Waals surface area contributed by atoms with Crippen LogP contribution in [0.4, 0.5) is 0 Å². The van der Waals surface area contributed by atoms with Crippen LogP contribution in [0.3, 0.4) is 0 Å². The third-order valence-electron chi connectivity index (χ3n) is 2.99. The van der Waals surface area contributed by atoms with Crippen LogP contribution in [0, 0.1) is 6.92 Å². The number of aliphatic hydroxyl groups is 1. The number of aryl methyl sites for hydroxylation is 1. The Morgan fingerprint density at radius 2 is 2.14 bits per heavy atom. The molecule has 122 valence electrons. The summed E-state index contributed by atoms with van der Waals surface area (Å²) in [7, 11) is 1.71. The Balaban J connectivity index is 0.00000242. The number of rotatable bonds is 5. The van der Waals surface area contributed by atoms with Crippen molar-refractivity contribution in [3.8, 4) is 0 Å². The van der Waals surface area contributed by atoms with Crippen molar-refractivity contribution in [1.82, 2.24) is 10.6 Å². The molecule has 0 saturated carbocycles. The van der Waals surface area contributed by atoms with E-state index >= 15 is 0 Å². The van der Waals surface area contributed by atoms with Crippen molar-refractivity contribution in [2.24, 2.45) is 4.99 Å². The van der Waals surface area contributed by atoms with Gasteiger partial charge < -0.3 is 15.7 Å². The van der Waals surface area contributed by atoms with Gasteiger partial charge in [-0.2, -0.15) is 0 Å². The molecule has 0 spiro atoms. The first-order chi connectivity index (χ1) is 10.1. The van der Waals surface area contributed by atoms with Gasteiger partial charge >= 0.3 is 0 Å². The van der Waals surface area contributed by atoms with Crippen molar-refractivity contribution in [1.29, 1.82) is 0 Å². The predicted molar refractivity (Wildman–Crippen MR) is 107 cm³/mol. The Kier molecular flexibility index (Phi) is 8.70. The molecule has 2 heterocycles. The molecule has 4 nitrogen and oxygen atoms in total. The fraction of sp³-hybridized carbons (Fsp3) is 0.357. The lowest BCUT2D eigenvalue weighted by molar-refractivity contribution is 0.184. The average molecular weight is 472 g/mol. The zero-order chi connectivity index (χ0) is 15.2.